The number of hydrogen-bond donors (Lipinski definition) is 1. The highest BCUT2D eigenvalue weighted by atomic mass is 35.5. The molecule has 1 heterocycles. The van der Waals surface area contributed by atoms with E-state index in [-0.39, 0.29) is 11.4 Å². The quantitative estimate of drug-likeness (QED) is 0.880. The summed E-state index contributed by atoms with van der Waals surface area (Å²) in [5, 5.41) is 0.295. The van der Waals surface area contributed by atoms with E-state index in [0.717, 1.165) is 5.56 Å². The summed E-state index contributed by atoms with van der Waals surface area (Å²) in [4.78, 5) is 0.119. The average Bonchev–Trinajstić information content (AvgIpc) is 2.86. The second-order valence-corrected chi connectivity index (χ2v) is 6.96. The molecular weight excluding hydrogens is 300 g/mol. The first-order valence-corrected chi connectivity index (χ1v) is 7.67. The largest absolute Gasteiger partial charge is 0.472 e. The third-order valence-electron chi connectivity index (χ3n) is 3.04. The van der Waals surface area contributed by atoms with Crippen molar-refractivity contribution in [2.75, 3.05) is 12.8 Å². The van der Waals surface area contributed by atoms with Crippen LogP contribution >= 0.6 is 11.6 Å². The molecule has 0 saturated carbocycles. The van der Waals surface area contributed by atoms with Gasteiger partial charge in [0, 0.05) is 29.9 Å². The zero-order valence-electron chi connectivity index (χ0n) is 11.1. The number of halogens is 1. The minimum Gasteiger partial charge on any atom is -0.472 e. The van der Waals surface area contributed by atoms with E-state index in [2.05, 4.69) is 0 Å². The number of hydrogen-bond acceptors (Lipinski definition) is 4. The maximum absolute atomic E-state index is 12.6. The molecule has 0 unspecified atom stereocenters. The predicted octanol–water partition coefficient (Wildman–Crippen LogP) is 2.64. The summed E-state index contributed by atoms with van der Waals surface area (Å²) in [6.07, 6.45) is 3.00. The smallest absolute Gasteiger partial charge is 0.243 e. The van der Waals surface area contributed by atoms with Crippen molar-refractivity contribution < 1.29 is 12.8 Å². The normalized spacial score (nSPS) is 12.0. The highest BCUT2D eigenvalue weighted by molar-refractivity contribution is 7.89. The van der Waals surface area contributed by atoms with Gasteiger partial charge >= 0.3 is 0 Å². The molecule has 1 aromatic heterocycles. The van der Waals surface area contributed by atoms with E-state index in [9.17, 15) is 8.42 Å². The van der Waals surface area contributed by atoms with Gasteiger partial charge in [-0.1, -0.05) is 11.6 Å². The van der Waals surface area contributed by atoms with Gasteiger partial charge in [-0.15, -0.1) is 0 Å². The number of nitrogens with two attached hydrogens (primary N) is 1. The molecule has 2 rings (SSSR count). The van der Waals surface area contributed by atoms with E-state index >= 15 is 0 Å². The summed E-state index contributed by atoms with van der Waals surface area (Å²) in [5.74, 6) is 0. The monoisotopic (exact) mass is 314 g/mol. The van der Waals surface area contributed by atoms with Crippen LogP contribution in [0.4, 0.5) is 5.69 Å². The molecule has 7 heteroatoms. The van der Waals surface area contributed by atoms with Crippen molar-refractivity contribution in [3.8, 4) is 0 Å². The first kappa shape index (κ1) is 14.9. The Morgan fingerprint density at radius 2 is 2.10 bits per heavy atom. The Morgan fingerprint density at radius 1 is 1.40 bits per heavy atom. The first-order valence-electron chi connectivity index (χ1n) is 5.85. The van der Waals surface area contributed by atoms with Gasteiger partial charge in [0.05, 0.1) is 17.4 Å². The van der Waals surface area contributed by atoms with Gasteiger partial charge in [-0.25, -0.2) is 8.42 Å². The Bertz CT molecular complexity index is 711. The molecule has 0 aliphatic heterocycles. The number of rotatable bonds is 4. The predicted molar refractivity (Wildman–Crippen MR) is 78.0 cm³/mol. The molecule has 0 atom stereocenters. The molecule has 20 heavy (non-hydrogen) atoms. The molecule has 5 nitrogen and oxygen atoms in total. The lowest BCUT2D eigenvalue weighted by atomic mass is 10.2. The Hall–Kier alpha value is -1.50. The number of furan rings is 1. The van der Waals surface area contributed by atoms with Crippen LogP contribution in [0.2, 0.25) is 5.02 Å². The van der Waals surface area contributed by atoms with Gasteiger partial charge in [-0.2, -0.15) is 4.31 Å². The summed E-state index contributed by atoms with van der Waals surface area (Å²) >= 11 is 5.90. The van der Waals surface area contributed by atoms with Crippen molar-refractivity contribution in [1.82, 2.24) is 4.31 Å². The van der Waals surface area contributed by atoms with Gasteiger partial charge in [-0.05, 0) is 30.7 Å². The van der Waals surface area contributed by atoms with Crippen molar-refractivity contribution in [2.45, 2.75) is 18.4 Å². The zero-order chi connectivity index (χ0) is 14.9. The summed E-state index contributed by atoms with van der Waals surface area (Å²) in [6.45, 7) is 1.87. The fraction of sp³-hybridized carbons (Fsp3) is 0.231. The van der Waals surface area contributed by atoms with Gasteiger partial charge in [0.2, 0.25) is 10.0 Å². The molecule has 0 fully saturated rings. The summed E-state index contributed by atoms with van der Waals surface area (Å²) in [6, 6.07) is 4.66. The van der Waals surface area contributed by atoms with Gasteiger partial charge in [0.15, 0.2) is 0 Å². The van der Waals surface area contributed by atoms with Crippen LogP contribution in [0.25, 0.3) is 0 Å². The van der Waals surface area contributed by atoms with E-state index in [1.54, 1.807) is 13.0 Å². The fourth-order valence-electron chi connectivity index (χ4n) is 1.83. The minimum absolute atomic E-state index is 0.119. The van der Waals surface area contributed by atoms with Crippen LogP contribution in [-0.4, -0.2) is 19.8 Å². The van der Waals surface area contributed by atoms with Crippen LogP contribution in [0.1, 0.15) is 11.1 Å². The standard InChI is InChI=1S/C13H15ClN2O3S/c1-9-12(15)5-11(14)6-13(9)20(17,18)16(2)7-10-3-4-19-8-10/h3-6,8H,7,15H2,1-2H3. The molecule has 108 valence electrons. The van der Waals surface area contributed by atoms with Gasteiger partial charge in [0.25, 0.3) is 0 Å². The molecule has 0 spiro atoms. The third kappa shape index (κ3) is 2.82. The Labute approximate surface area is 123 Å². The van der Waals surface area contributed by atoms with E-state index in [4.69, 9.17) is 21.8 Å². The molecule has 1 aromatic carbocycles. The van der Waals surface area contributed by atoms with Crippen LogP contribution in [0.15, 0.2) is 40.0 Å². The van der Waals surface area contributed by atoms with Crippen LogP contribution < -0.4 is 5.73 Å². The molecule has 2 N–H and O–H groups in total. The minimum atomic E-state index is -3.66. The van der Waals surface area contributed by atoms with Crippen LogP contribution in [0.3, 0.4) is 0 Å². The highest BCUT2D eigenvalue weighted by Crippen LogP contribution is 2.28. The molecule has 0 saturated heterocycles. The average molecular weight is 315 g/mol. The van der Waals surface area contributed by atoms with Gasteiger partial charge < -0.3 is 10.2 Å². The number of anilines is 1. The second-order valence-electron chi connectivity index (χ2n) is 4.51. The number of nitrogens with zero attached hydrogens (tertiary/aromatic N) is 1. The van der Waals surface area contributed by atoms with Crippen LogP contribution in [0.5, 0.6) is 0 Å². The van der Waals surface area contributed by atoms with E-state index in [1.807, 2.05) is 0 Å². The topological polar surface area (TPSA) is 76.5 Å². The second kappa shape index (κ2) is 5.47. The Balaban J connectivity index is 2.40. The first-order chi connectivity index (χ1) is 9.32. The lowest BCUT2D eigenvalue weighted by molar-refractivity contribution is 0.463. The highest BCUT2D eigenvalue weighted by Gasteiger charge is 2.24. The molecule has 0 bridgehead atoms. The Morgan fingerprint density at radius 3 is 2.70 bits per heavy atom. The fourth-order valence-corrected chi connectivity index (χ4v) is 3.56. The Kier molecular flexibility index (Phi) is 4.08. The van der Waals surface area contributed by atoms with E-state index in [0.29, 0.717) is 16.3 Å². The van der Waals surface area contributed by atoms with Gasteiger partial charge in [-0.3, -0.25) is 0 Å². The lowest BCUT2D eigenvalue weighted by Gasteiger charge is -2.18. The lowest BCUT2D eigenvalue weighted by Crippen LogP contribution is -2.27. The van der Waals surface area contributed by atoms with Crippen molar-refractivity contribution in [1.29, 1.82) is 0 Å². The van der Waals surface area contributed by atoms with E-state index in [1.165, 1.54) is 36.0 Å². The maximum Gasteiger partial charge on any atom is 0.243 e. The van der Waals surface area contributed by atoms with Crippen molar-refractivity contribution in [3.63, 3.8) is 0 Å². The summed E-state index contributed by atoms with van der Waals surface area (Å²) < 4.78 is 31.3. The molecule has 2 aromatic rings. The van der Waals surface area contributed by atoms with E-state index < -0.39 is 10.0 Å². The zero-order valence-corrected chi connectivity index (χ0v) is 12.7. The van der Waals surface area contributed by atoms with Crippen molar-refractivity contribution in [2.24, 2.45) is 0 Å². The molecule has 0 amide bonds. The molecule has 0 aliphatic rings. The molecular formula is C13H15ClN2O3S. The van der Waals surface area contributed by atoms with Crippen molar-refractivity contribution in [3.05, 3.63) is 46.9 Å². The maximum atomic E-state index is 12.6. The number of benzene rings is 1. The van der Waals surface area contributed by atoms with Crippen LogP contribution in [-0.2, 0) is 16.6 Å². The summed E-state index contributed by atoms with van der Waals surface area (Å²) in [5.41, 5.74) is 7.39. The molecule has 0 radical (unpaired) electrons. The number of nitrogen functional groups attached to an aromatic ring is 1. The summed E-state index contributed by atoms with van der Waals surface area (Å²) in [7, 11) is -2.16. The third-order valence-corrected chi connectivity index (χ3v) is 5.19. The van der Waals surface area contributed by atoms with Gasteiger partial charge in [0.1, 0.15) is 0 Å². The van der Waals surface area contributed by atoms with Crippen LogP contribution in [0, 0.1) is 6.92 Å². The SMILES string of the molecule is Cc1c(N)cc(Cl)cc1S(=O)(=O)N(C)Cc1ccoc1. The number of sulfonamides is 1. The molecule has 0 aliphatic carbocycles. The van der Waals surface area contributed by atoms with Crippen molar-refractivity contribution >= 4 is 27.3 Å².